The molecular formula is C21H27N3O5S. The van der Waals surface area contributed by atoms with E-state index in [0.717, 1.165) is 5.56 Å². The number of para-hydroxylation sites is 1. The number of hydrogen-bond donors (Lipinski definition) is 2. The van der Waals surface area contributed by atoms with Gasteiger partial charge >= 0.3 is 0 Å². The summed E-state index contributed by atoms with van der Waals surface area (Å²) in [6.45, 7) is 5.53. The number of rotatable bonds is 9. The standard InChI is InChI=1S/C21H27N3O5S/c1-5-29-20-9-7-6-8-17(20)14-24(4)21(26)15(2)23-30(27,28)19-12-10-18(11-13-19)22-16(3)25/h6-13,15,23H,5,14H2,1-4H3,(H,22,25)/t15-/m0/s1. The van der Waals surface area contributed by atoms with E-state index in [4.69, 9.17) is 4.74 Å². The number of nitrogens with zero attached hydrogens (tertiary/aromatic N) is 1. The normalized spacial score (nSPS) is 12.1. The number of nitrogens with one attached hydrogen (secondary N) is 2. The molecule has 0 unspecified atom stereocenters. The molecule has 0 spiro atoms. The van der Waals surface area contributed by atoms with Gasteiger partial charge in [-0.2, -0.15) is 4.72 Å². The fourth-order valence-corrected chi connectivity index (χ4v) is 4.06. The number of benzene rings is 2. The molecule has 2 N–H and O–H groups in total. The molecule has 8 nitrogen and oxygen atoms in total. The predicted molar refractivity (Wildman–Crippen MR) is 115 cm³/mol. The summed E-state index contributed by atoms with van der Waals surface area (Å²) in [5.41, 5.74) is 1.32. The number of carbonyl (C=O) groups excluding carboxylic acids is 2. The number of sulfonamides is 1. The Labute approximate surface area is 177 Å². The molecule has 30 heavy (non-hydrogen) atoms. The lowest BCUT2D eigenvalue weighted by molar-refractivity contribution is -0.131. The van der Waals surface area contributed by atoms with Crippen molar-refractivity contribution >= 4 is 27.5 Å². The quantitative estimate of drug-likeness (QED) is 0.632. The summed E-state index contributed by atoms with van der Waals surface area (Å²) in [5, 5.41) is 2.57. The van der Waals surface area contributed by atoms with Crippen LogP contribution in [0, 0.1) is 0 Å². The van der Waals surface area contributed by atoms with Crippen LogP contribution < -0.4 is 14.8 Å². The fraction of sp³-hybridized carbons (Fsp3) is 0.333. The zero-order chi connectivity index (χ0) is 22.3. The van der Waals surface area contributed by atoms with E-state index in [9.17, 15) is 18.0 Å². The molecule has 9 heteroatoms. The zero-order valence-corrected chi connectivity index (χ0v) is 18.3. The average Bonchev–Trinajstić information content (AvgIpc) is 2.68. The summed E-state index contributed by atoms with van der Waals surface area (Å²) in [6, 6.07) is 12.1. The van der Waals surface area contributed by atoms with E-state index < -0.39 is 16.1 Å². The summed E-state index contributed by atoms with van der Waals surface area (Å²) in [6.07, 6.45) is 0. The molecule has 2 rings (SSSR count). The highest BCUT2D eigenvalue weighted by Crippen LogP contribution is 2.20. The molecule has 0 saturated carbocycles. The molecule has 0 heterocycles. The Balaban J connectivity index is 2.06. The molecule has 0 aliphatic heterocycles. The Hall–Kier alpha value is -2.91. The molecule has 0 aromatic heterocycles. The van der Waals surface area contributed by atoms with Crippen molar-refractivity contribution in [1.82, 2.24) is 9.62 Å². The van der Waals surface area contributed by atoms with Gasteiger partial charge in [-0.25, -0.2) is 8.42 Å². The van der Waals surface area contributed by atoms with Crippen molar-refractivity contribution in [3.8, 4) is 5.75 Å². The molecule has 162 valence electrons. The number of carbonyl (C=O) groups is 2. The zero-order valence-electron chi connectivity index (χ0n) is 17.5. The summed E-state index contributed by atoms with van der Waals surface area (Å²) in [4.78, 5) is 25.2. The van der Waals surface area contributed by atoms with Crippen molar-refractivity contribution in [3.05, 3.63) is 54.1 Å². The van der Waals surface area contributed by atoms with Crippen LogP contribution in [0.3, 0.4) is 0 Å². The third kappa shape index (κ3) is 6.30. The summed E-state index contributed by atoms with van der Waals surface area (Å²) < 4.78 is 33.2. The van der Waals surface area contributed by atoms with Gasteiger partial charge in [0.05, 0.1) is 17.5 Å². The lowest BCUT2D eigenvalue weighted by atomic mass is 10.2. The topological polar surface area (TPSA) is 105 Å². The van der Waals surface area contributed by atoms with Crippen molar-refractivity contribution < 1.29 is 22.7 Å². The second-order valence-corrected chi connectivity index (χ2v) is 8.50. The third-order valence-corrected chi connectivity index (χ3v) is 5.80. The minimum Gasteiger partial charge on any atom is -0.494 e. The van der Waals surface area contributed by atoms with E-state index >= 15 is 0 Å². The van der Waals surface area contributed by atoms with E-state index in [0.29, 0.717) is 18.0 Å². The van der Waals surface area contributed by atoms with Crippen molar-refractivity contribution in [1.29, 1.82) is 0 Å². The maximum atomic E-state index is 12.7. The second kappa shape index (κ2) is 10.2. The highest BCUT2D eigenvalue weighted by atomic mass is 32.2. The summed E-state index contributed by atoms with van der Waals surface area (Å²) in [7, 11) is -2.30. The Morgan fingerprint density at radius 3 is 2.33 bits per heavy atom. The maximum Gasteiger partial charge on any atom is 0.241 e. The molecule has 2 aromatic carbocycles. The van der Waals surface area contributed by atoms with E-state index in [1.165, 1.54) is 43.0 Å². The Morgan fingerprint density at radius 1 is 1.10 bits per heavy atom. The van der Waals surface area contributed by atoms with E-state index in [-0.39, 0.29) is 23.3 Å². The molecule has 0 aliphatic carbocycles. The number of hydrogen-bond acceptors (Lipinski definition) is 5. The average molecular weight is 434 g/mol. The van der Waals surface area contributed by atoms with E-state index in [2.05, 4.69) is 10.0 Å². The Morgan fingerprint density at radius 2 is 1.73 bits per heavy atom. The first kappa shape index (κ1) is 23.4. The van der Waals surface area contributed by atoms with Gasteiger partial charge in [-0.1, -0.05) is 18.2 Å². The van der Waals surface area contributed by atoms with E-state index in [1.54, 1.807) is 7.05 Å². The molecule has 0 bridgehead atoms. The van der Waals surface area contributed by atoms with Crippen LogP contribution in [-0.4, -0.2) is 44.8 Å². The Kier molecular flexibility index (Phi) is 7.96. The summed E-state index contributed by atoms with van der Waals surface area (Å²) in [5.74, 6) is 0.0591. The van der Waals surface area contributed by atoms with Crippen LogP contribution in [0.1, 0.15) is 26.3 Å². The maximum absolute atomic E-state index is 12.7. The lowest BCUT2D eigenvalue weighted by Gasteiger charge is -2.23. The van der Waals surface area contributed by atoms with Gasteiger partial charge in [0.1, 0.15) is 5.75 Å². The third-order valence-electron chi connectivity index (χ3n) is 4.24. The van der Waals surface area contributed by atoms with Crippen LogP contribution in [0.25, 0.3) is 0 Å². The van der Waals surface area contributed by atoms with Gasteiger partial charge in [0.2, 0.25) is 21.8 Å². The van der Waals surface area contributed by atoms with Crippen LogP contribution in [0.4, 0.5) is 5.69 Å². The largest absolute Gasteiger partial charge is 0.494 e. The number of anilines is 1. The SMILES string of the molecule is CCOc1ccccc1CN(C)C(=O)[C@H](C)NS(=O)(=O)c1ccc(NC(C)=O)cc1. The van der Waals surface area contributed by atoms with Crippen molar-refractivity contribution in [2.24, 2.45) is 0 Å². The van der Waals surface area contributed by atoms with Crippen LogP contribution in [0.2, 0.25) is 0 Å². The van der Waals surface area contributed by atoms with Crippen molar-refractivity contribution in [2.45, 2.75) is 38.3 Å². The van der Waals surface area contributed by atoms with Crippen molar-refractivity contribution in [3.63, 3.8) is 0 Å². The number of amides is 2. The van der Waals surface area contributed by atoms with Gasteiger partial charge in [0, 0.05) is 31.8 Å². The molecule has 1 atom stereocenters. The van der Waals surface area contributed by atoms with Crippen LogP contribution in [0.15, 0.2) is 53.4 Å². The molecule has 0 fully saturated rings. The minimum absolute atomic E-state index is 0.000552. The first-order valence-electron chi connectivity index (χ1n) is 9.49. The monoisotopic (exact) mass is 433 g/mol. The van der Waals surface area contributed by atoms with Gasteiger partial charge in [0.25, 0.3) is 0 Å². The first-order chi connectivity index (χ1) is 14.1. The smallest absolute Gasteiger partial charge is 0.241 e. The van der Waals surface area contributed by atoms with Crippen LogP contribution >= 0.6 is 0 Å². The van der Waals surface area contributed by atoms with Gasteiger partial charge in [-0.05, 0) is 44.2 Å². The van der Waals surface area contributed by atoms with Gasteiger partial charge in [0.15, 0.2) is 0 Å². The molecule has 2 aromatic rings. The molecule has 0 saturated heterocycles. The van der Waals surface area contributed by atoms with Gasteiger partial charge in [-0.15, -0.1) is 0 Å². The molecule has 0 radical (unpaired) electrons. The first-order valence-corrected chi connectivity index (χ1v) is 11.0. The van der Waals surface area contributed by atoms with Gasteiger partial charge in [-0.3, -0.25) is 9.59 Å². The summed E-state index contributed by atoms with van der Waals surface area (Å²) >= 11 is 0. The van der Waals surface area contributed by atoms with Gasteiger partial charge < -0.3 is 15.0 Å². The lowest BCUT2D eigenvalue weighted by Crippen LogP contribution is -2.45. The molecule has 2 amide bonds. The molecular weight excluding hydrogens is 406 g/mol. The molecule has 0 aliphatic rings. The highest BCUT2D eigenvalue weighted by molar-refractivity contribution is 7.89. The van der Waals surface area contributed by atoms with Crippen LogP contribution in [0.5, 0.6) is 5.75 Å². The Bertz CT molecular complexity index is 990. The van der Waals surface area contributed by atoms with Crippen LogP contribution in [-0.2, 0) is 26.2 Å². The minimum atomic E-state index is -3.91. The number of ether oxygens (including phenoxy) is 1. The van der Waals surface area contributed by atoms with Crippen molar-refractivity contribution in [2.75, 3.05) is 19.0 Å². The number of likely N-dealkylation sites (N-methyl/N-ethyl adjacent to an activating group) is 1. The predicted octanol–water partition coefficient (Wildman–Crippen LogP) is 2.37. The fourth-order valence-electron chi connectivity index (χ4n) is 2.87. The highest BCUT2D eigenvalue weighted by Gasteiger charge is 2.25. The van der Waals surface area contributed by atoms with E-state index in [1.807, 2.05) is 31.2 Å². The second-order valence-electron chi connectivity index (χ2n) is 6.78.